The summed E-state index contributed by atoms with van der Waals surface area (Å²) in [6.07, 6.45) is 1.63. The van der Waals surface area contributed by atoms with Crippen LogP contribution in [0.1, 0.15) is 11.8 Å². The number of thiazole rings is 2. The van der Waals surface area contributed by atoms with Gasteiger partial charge in [-0.2, -0.15) is 0 Å². The highest BCUT2D eigenvalue weighted by Gasteiger charge is 2.10. The van der Waals surface area contributed by atoms with Crippen molar-refractivity contribution in [2.24, 2.45) is 10.1 Å². The number of nitrogens with zero attached hydrogens (tertiary/aromatic N) is 5. The summed E-state index contributed by atoms with van der Waals surface area (Å²) in [5, 5.41) is 37.0. The molecule has 2 aromatic carbocycles. The van der Waals surface area contributed by atoms with E-state index in [1.54, 1.807) is 22.9 Å². The zero-order valence-corrected chi connectivity index (χ0v) is 18.5. The van der Waals surface area contributed by atoms with Gasteiger partial charge in [0.25, 0.3) is 0 Å². The number of para-hydroxylation sites is 1. The maximum absolute atomic E-state index is 10.9. The topological polar surface area (TPSA) is 121 Å². The molecule has 0 saturated carbocycles. The zero-order valence-electron chi connectivity index (χ0n) is 16.9. The SMILES string of the molecule is CCn1c(O)c(C=Nc2ccccc2)s/c1=N/Nc1nc(-c2ccc(N([O-])O)cc2)cs1. The van der Waals surface area contributed by atoms with E-state index in [4.69, 9.17) is 5.21 Å². The van der Waals surface area contributed by atoms with E-state index >= 15 is 0 Å². The third-order valence-corrected chi connectivity index (χ3v) is 6.20. The molecule has 2 heterocycles. The highest BCUT2D eigenvalue weighted by molar-refractivity contribution is 7.14. The Bertz CT molecular complexity index is 1280. The molecule has 0 amide bonds. The Morgan fingerprint density at radius 1 is 1.19 bits per heavy atom. The number of aromatic nitrogens is 2. The smallest absolute Gasteiger partial charge is 0.212 e. The summed E-state index contributed by atoms with van der Waals surface area (Å²) in [5.74, 6) is 0.106. The lowest BCUT2D eigenvalue weighted by Crippen LogP contribution is -2.14. The van der Waals surface area contributed by atoms with Crippen molar-refractivity contribution < 1.29 is 10.3 Å². The molecule has 0 radical (unpaired) electrons. The lowest BCUT2D eigenvalue weighted by atomic mass is 10.1. The molecule has 0 bridgehead atoms. The van der Waals surface area contributed by atoms with Gasteiger partial charge in [-0.25, -0.2) is 10.4 Å². The molecule has 0 unspecified atom stereocenters. The Morgan fingerprint density at radius 2 is 1.94 bits per heavy atom. The second-order valence-corrected chi connectivity index (χ2v) is 8.36. The van der Waals surface area contributed by atoms with Gasteiger partial charge >= 0.3 is 0 Å². The average molecular weight is 468 g/mol. The standard InChI is InChI=1S/C21H19N6O3S2/c1-2-26-19(28)18(12-22-15-6-4-3-5-7-15)32-21(26)25-24-20-23-17(13-31-20)14-8-10-16(11-9-14)27(29)30/h3-13,28-29H,2H2,1H3,(H,23,24)/q-1/b22-12?,25-21+. The molecule has 0 atom stereocenters. The predicted octanol–water partition coefficient (Wildman–Crippen LogP) is 4.77. The fraction of sp³-hybridized carbons (Fsp3) is 0.0952. The van der Waals surface area contributed by atoms with Crippen molar-refractivity contribution >= 4 is 45.4 Å². The number of hydrogen-bond donors (Lipinski definition) is 3. The second-order valence-electron chi connectivity index (χ2n) is 6.49. The second kappa shape index (κ2) is 9.75. The first-order chi connectivity index (χ1) is 15.5. The Morgan fingerprint density at radius 3 is 2.62 bits per heavy atom. The van der Waals surface area contributed by atoms with Crippen LogP contribution in [0.5, 0.6) is 5.88 Å². The van der Waals surface area contributed by atoms with Crippen molar-refractivity contribution in [2.45, 2.75) is 13.5 Å². The van der Waals surface area contributed by atoms with Crippen LogP contribution in [0.2, 0.25) is 0 Å². The fourth-order valence-electron chi connectivity index (χ4n) is 2.84. The van der Waals surface area contributed by atoms with Crippen LogP contribution in [0, 0.1) is 5.21 Å². The summed E-state index contributed by atoms with van der Waals surface area (Å²) >= 11 is 2.69. The van der Waals surface area contributed by atoms with Crippen LogP contribution in [0.4, 0.5) is 16.5 Å². The van der Waals surface area contributed by atoms with Gasteiger partial charge in [-0.15, -0.1) is 16.4 Å². The Kier molecular flexibility index (Phi) is 6.61. The van der Waals surface area contributed by atoms with Crippen LogP contribution < -0.4 is 15.5 Å². The number of nitrogens with one attached hydrogen (secondary N) is 1. The van der Waals surface area contributed by atoms with Crippen LogP contribution in [0.25, 0.3) is 11.3 Å². The molecule has 11 heteroatoms. The molecule has 4 rings (SSSR count). The van der Waals surface area contributed by atoms with E-state index in [2.05, 4.69) is 20.5 Å². The lowest BCUT2D eigenvalue weighted by Gasteiger charge is -2.21. The van der Waals surface area contributed by atoms with E-state index < -0.39 is 0 Å². The lowest BCUT2D eigenvalue weighted by molar-refractivity contribution is 0.296. The van der Waals surface area contributed by atoms with Gasteiger partial charge in [-0.05, 0) is 31.2 Å². The zero-order chi connectivity index (χ0) is 22.5. The minimum absolute atomic E-state index is 0.106. The molecule has 9 nitrogen and oxygen atoms in total. The van der Waals surface area contributed by atoms with Crippen molar-refractivity contribution in [3.8, 4) is 17.1 Å². The number of anilines is 2. The normalized spacial score (nSPS) is 11.9. The van der Waals surface area contributed by atoms with Crippen molar-refractivity contribution in [3.05, 3.63) is 74.9 Å². The third kappa shape index (κ3) is 4.86. The number of rotatable bonds is 7. The summed E-state index contributed by atoms with van der Waals surface area (Å²) in [6.45, 7) is 2.46. The molecular weight excluding hydrogens is 448 g/mol. The van der Waals surface area contributed by atoms with Gasteiger partial charge in [0.05, 0.1) is 23.3 Å². The van der Waals surface area contributed by atoms with Gasteiger partial charge < -0.3 is 15.5 Å². The molecular formula is C21H19N6O3S2-. The van der Waals surface area contributed by atoms with Crippen LogP contribution in [0.15, 0.2) is 70.1 Å². The van der Waals surface area contributed by atoms with Gasteiger partial charge in [-0.1, -0.05) is 41.7 Å². The van der Waals surface area contributed by atoms with Crippen LogP contribution in [0.3, 0.4) is 0 Å². The van der Waals surface area contributed by atoms with Gasteiger partial charge in [0.1, 0.15) is 4.88 Å². The molecule has 0 aliphatic heterocycles. The highest BCUT2D eigenvalue weighted by Crippen LogP contribution is 2.26. The number of hydrogen-bond acceptors (Lipinski definition) is 10. The van der Waals surface area contributed by atoms with Gasteiger partial charge in [-0.3, -0.25) is 14.8 Å². The molecule has 2 aromatic heterocycles. The minimum Gasteiger partial charge on any atom is -0.733 e. The Hall–Kier alpha value is -3.51. The van der Waals surface area contributed by atoms with Crippen molar-refractivity contribution in [3.63, 3.8) is 0 Å². The third-order valence-electron chi connectivity index (χ3n) is 4.45. The van der Waals surface area contributed by atoms with Gasteiger partial charge in [0.15, 0.2) is 0 Å². The number of benzene rings is 2. The van der Waals surface area contributed by atoms with Gasteiger partial charge in [0.2, 0.25) is 15.8 Å². The van der Waals surface area contributed by atoms with Crippen LogP contribution in [-0.4, -0.2) is 26.1 Å². The van der Waals surface area contributed by atoms with Crippen LogP contribution in [-0.2, 0) is 6.54 Å². The number of aromatic hydroxyl groups is 1. The summed E-state index contributed by atoms with van der Waals surface area (Å²) in [7, 11) is 0. The maximum atomic E-state index is 10.9. The highest BCUT2D eigenvalue weighted by atomic mass is 32.1. The Balaban J connectivity index is 1.54. The molecule has 0 aliphatic rings. The molecule has 32 heavy (non-hydrogen) atoms. The molecule has 3 N–H and O–H groups in total. The summed E-state index contributed by atoms with van der Waals surface area (Å²) in [4.78, 5) is 10.1. The Labute approximate surface area is 191 Å². The molecule has 0 fully saturated rings. The fourth-order valence-corrected chi connectivity index (χ4v) is 4.42. The monoisotopic (exact) mass is 467 g/mol. The summed E-state index contributed by atoms with van der Waals surface area (Å²) in [5.41, 5.74) is 5.39. The first-order valence-electron chi connectivity index (χ1n) is 9.58. The minimum atomic E-state index is -0.186. The first kappa shape index (κ1) is 21.7. The van der Waals surface area contributed by atoms with Crippen LogP contribution >= 0.6 is 22.7 Å². The van der Waals surface area contributed by atoms with Crippen molar-refractivity contribution in [2.75, 3.05) is 10.7 Å². The van der Waals surface area contributed by atoms with E-state index in [-0.39, 0.29) is 16.8 Å². The number of aliphatic imine (C=N–C) groups is 1. The maximum Gasteiger partial charge on any atom is 0.212 e. The molecule has 4 aromatic rings. The molecule has 164 valence electrons. The first-order valence-corrected chi connectivity index (χ1v) is 11.3. The largest absolute Gasteiger partial charge is 0.733 e. The summed E-state index contributed by atoms with van der Waals surface area (Å²) in [6, 6.07) is 15.9. The van der Waals surface area contributed by atoms with E-state index in [1.165, 1.54) is 34.8 Å². The molecule has 0 saturated heterocycles. The predicted molar refractivity (Wildman–Crippen MR) is 128 cm³/mol. The summed E-state index contributed by atoms with van der Waals surface area (Å²) < 4.78 is 1.68. The van der Waals surface area contributed by atoms with Crippen molar-refractivity contribution in [1.82, 2.24) is 9.55 Å². The molecule has 0 spiro atoms. The van der Waals surface area contributed by atoms with E-state index in [0.29, 0.717) is 27.0 Å². The van der Waals surface area contributed by atoms with E-state index in [0.717, 1.165) is 11.3 Å². The van der Waals surface area contributed by atoms with E-state index in [1.807, 2.05) is 42.6 Å². The van der Waals surface area contributed by atoms with E-state index in [9.17, 15) is 10.3 Å². The van der Waals surface area contributed by atoms with Gasteiger partial charge in [0, 0.05) is 17.5 Å². The molecule has 0 aliphatic carbocycles. The quantitative estimate of drug-likeness (QED) is 0.266. The average Bonchev–Trinajstić information content (AvgIpc) is 3.41. The van der Waals surface area contributed by atoms with Crippen molar-refractivity contribution in [1.29, 1.82) is 0 Å².